The largest absolute Gasteiger partial charge is 0.486 e. The Morgan fingerprint density at radius 3 is 2.82 bits per heavy atom. The Kier molecular flexibility index (Phi) is 4.75. The van der Waals surface area contributed by atoms with E-state index in [-0.39, 0.29) is 12.2 Å². The molecule has 1 fully saturated rings. The molecule has 0 heterocycles. The third-order valence-electron chi connectivity index (χ3n) is 2.71. The van der Waals surface area contributed by atoms with Crippen LogP contribution in [-0.2, 0) is 4.74 Å². The van der Waals surface area contributed by atoms with Crippen molar-refractivity contribution in [1.82, 2.24) is 0 Å². The van der Waals surface area contributed by atoms with Gasteiger partial charge in [0.1, 0.15) is 18.0 Å². The maximum Gasteiger partial charge on any atom is 0.138 e. The topological polar surface area (TPSA) is 18.5 Å². The van der Waals surface area contributed by atoms with E-state index in [0.29, 0.717) is 22.2 Å². The molecule has 1 aromatic carbocycles. The van der Waals surface area contributed by atoms with Crippen LogP contribution in [0, 0.1) is 0 Å². The van der Waals surface area contributed by atoms with Gasteiger partial charge in [-0.1, -0.05) is 43.5 Å². The summed E-state index contributed by atoms with van der Waals surface area (Å²) in [6.07, 6.45) is 1.13. The second kappa shape index (κ2) is 5.91. The van der Waals surface area contributed by atoms with E-state index in [1.165, 1.54) is 0 Å². The highest BCUT2D eigenvalue weighted by atomic mass is 79.9. The van der Waals surface area contributed by atoms with E-state index in [9.17, 15) is 0 Å². The first kappa shape index (κ1) is 13.7. The predicted octanol–water partition coefficient (Wildman–Crippen LogP) is 4.42. The van der Waals surface area contributed by atoms with Crippen LogP contribution in [0.15, 0.2) is 22.7 Å². The van der Waals surface area contributed by atoms with Crippen LogP contribution in [0.5, 0.6) is 5.75 Å². The third kappa shape index (κ3) is 3.16. The summed E-state index contributed by atoms with van der Waals surface area (Å²) in [6.45, 7) is 2.68. The Bertz CT molecular complexity index is 400. The van der Waals surface area contributed by atoms with Gasteiger partial charge in [0, 0.05) is 22.3 Å². The summed E-state index contributed by atoms with van der Waals surface area (Å²) in [4.78, 5) is 0.377. The van der Waals surface area contributed by atoms with E-state index < -0.39 is 0 Å². The molecule has 0 saturated heterocycles. The first-order valence-corrected chi connectivity index (χ1v) is 7.58. The number of halogens is 3. The van der Waals surface area contributed by atoms with Crippen LogP contribution in [0.25, 0.3) is 0 Å². The number of rotatable bonds is 4. The van der Waals surface area contributed by atoms with Crippen LogP contribution >= 0.6 is 43.5 Å². The minimum atomic E-state index is 0.0815. The van der Waals surface area contributed by atoms with Crippen molar-refractivity contribution >= 4 is 43.5 Å². The highest BCUT2D eigenvalue weighted by Crippen LogP contribution is 2.36. The van der Waals surface area contributed by atoms with Crippen molar-refractivity contribution in [2.24, 2.45) is 0 Å². The van der Waals surface area contributed by atoms with Gasteiger partial charge in [-0.3, -0.25) is 0 Å². The summed E-state index contributed by atoms with van der Waals surface area (Å²) in [6, 6.07) is 5.62. The lowest BCUT2D eigenvalue weighted by atomic mass is 9.91. The van der Waals surface area contributed by atoms with Crippen molar-refractivity contribution in [1.29, 1.82) is 0 Å². The number of hydrogen-bond acceptors (Lipinski definition) is 2. The molecule has 0 amide bonds. The first-order valence-electron chi connectivity index (χ1n) is 5.49. The highest BCUT2D eigenvalue weighted by Gasteiger charge is 2.42. The standard InChI is InChI=1S/C12H13Br2ClO2/c1-2-16-12-8(14)6-11(12)17-10-4-3-7(13)5-9(10)15/h3-5,8,11-12H,2,6H2,1H3. The van der Waals surface area contributed by atoms with Crippen LogP contribution in [-0.4, -0.2) is 23.6 Å². The van der Waals surface area contributed by atoms with Gasteiger partial charge in [0.05, 0.1) is 5.02 Å². The first-order chi connectivity index (χ1) is 8.11. The Balaban J connectivity index is 2.01. The van der Waals surface area contributed by atoms with E-state index in [1.807, 2.05) is 25.1 Å². The average molecular weight is 384 g/mol. The molecule has 0 N–H and O–H groups in total. The summed E-state index contributed by atoms with van der Waals surface area (Å²) in [5, 5.41) is 0.618. The zero-order valence-corrected chi connectivity index (χ0v) is 13.3. The van der Waals surface area contributed by atoms with Crippen molar-refractivity contribution in [2.45, 2.75) is 30.4 Å². The predicted molar refractivity (Wildman–Crippen MR) is 76.3 cm³/mol. The quantitative estimate of drug-likeness (QED) is 0.716. The SMILES string of the molecule is CCOC1C(Br)CC1Oc1ccc(Br)cc1Cl. The molecule has 0 aromatic heterocycles. The molecule has 0 aliphatic heterocycles. The number of alkyl halides is 1. The Labute approximate surface area is 123 Å². The zero-order chi connectivity index (χ0) is 12.4. The molecule has 1 aliphatic rings. The van der Waals surface area contributed by atoms with E-state index >= 15 is 0 Å². The molecule has 2 nitrogen and oxygen atoms in total. The summed E-state index contributed by atoms with van der Waals surface area (Å²) >= 11 is 13.0. The summed E-state index contributed by atoms with van der Waals surface area (Å²) in [5.74, 6) is 0.712. The minimum absolute atomic E-state index is 0.0815. The van der Waals surface area contributed by atoms with E-state index in [2.05, 4.69) is 31.9 Å². The Morgan fingerprint density at radius 1 is 1.47 bits per heavy atom. The molecule has 0 radical (unpaired) electrons. The molecule has 17 heavy (non-hydrogen) atoms. The molecular weight excluding hydrogens is 371 g/mol. The fourth-order valence-corrected chi connectivity index (χ4v) is 3.36. The molecule has 1 aliphatic carbocycles. The monoisotopic (exact) mass is 382 g/mol. The van der Waals surface area contributed by atoms with Crippen molar-refractivity contribution in [3.05, 3.63) is 27.7 Å². The minimum Gasteiger partial charge on any atom is -0.486 e. The second-order valence-corrected chi connectivity index (χ2v) is 6.40. The van der Waals surface area contributed by atoms with Gasteiger partial charge < -0.3 is 9.47 Å². The van der Waals surface area contributed by atoms with Gasteiger partial charge >= 0.3 is 0 Å². The maximum atomic E-state index is 6.11. The van der Waals surface area contributed by atoms with Gasteiger partial charge in [0.2, 0.25) is 0 Å². The van der Waals surface area contributed by atoms with Gasteiger partial charge in [0.25, 0.3) is 0 Å². The van der Waals surface area contributed by atoms with Crippen LogP contribution < -0.4 is 4.74 Å². The summed E-state index contributed by atoms with van der Waals surface area (Å²) < 4.78 is 12.4. The lowest BCUT2D eigenvalue weighted by molar-refractivity contribution is -0.0722. The fraction of sp³-hybridized carbons (Fsp3) is 0.500. The molecule has 1 saturated carbocycles. The molecule has 2 rings (SSSR count). The lowest BCUT2D eigenvalue weighted by Gasteiger charge is -2.40. The zero-order valence-electron chi connectivity index (χ0n) is 9.33. The number of benzene rings is 1. The molecule has 1 aromatic rings. The van der Waals surface area contributed by atoms with Gasteiger partial charge in [-0.2, -0.15) is 0 Å². The Morgan fingerprint density at radius 2 is 2.24 bits per heavy atom. The highest BCUT2D eigenvalue weighted by molar-refractivity contribution is 9.10. The average Bonchev–Trinajstić information content (AvgIpc) is 2.28. The molecular formula is C12H13Br2ClO2. The van der Waals surface area contributed by atoms with Gasteiger partial charge in [-0.05, 0) is 25.1 Å². The van der Waals surface area contributed by atoms with Crippen molar-refractivity contribution < 1.29 is 9.47 Å². The molecule has 94 valence electrons. The summed E-state index contributed by atoms with van der Waals surface area (Å²) in [7, 11) is 0. The van der Waals surface area contributed by atoms with E-state index in [0.717, 1.165) is 10.9 Å². The third-order valence-corrected chi connectivity index (χ3v) is 4.40. The van der Waals surface area contributed by atoms with Crippen molar-refractivity contribution in [2.75, 3.05) is 6.61 Å². The van der Waals surface area contributed by atoms with Gasteiger partial charge in [-0.25, -0.2) is 0 Å². The van der Waals surface area contributed by atoms with Gasteiger partial charge in [0.15, 0.2) is 0 Å². The maximum absolute atomic E-state index is 6.11. The molecule has 0 spiro atoms. The Hall–Kier alpha value is 0.230. The van der Waals surface area contributed by atoms with E-state index in [4.69, 9.17) is 21.1 Å². The molecule has 3 atom stereocenters. The van der Waals surface area contributed by atoms with E-state index in [1.54, 1.807) is 0 Å². The lowest BCUT2D eigenvalue weighted by Crippen LogP contribution is -2.52. The second-order valence-electron chi connectivity index (χ2n) is 3.90. The summed E-state index contributed by atoms with van der Waals surface area (Å²) in [5.41, 5.74) is 0. The number of ether oxygens (including phenoxy) is 2. The fourth-order valence-electron chi connectivity index (χ4n) is 1.78. The van der Waals surface area contributed by atoms with Crippen molar-refractivity contribution in [3.63, 3.8) is 0 Å². The van der Waals surface area contributed by atoms with Crippen LogP contribution in [0.3, 0.4) is 0 Å². The molecule has 5 heteroatoms. The van der Waals surface area contributed by atoms with Crippen LogP contribution in [0.4, 0.5) is 0 Å². The smallest absolute Gasteiger partial charge is 0.138 e. The van der Waals surface area contributed by atoms with Crippen LogP contribution in [0.2, 0.25) is 5.02 Å². The van der Waals surface area contributed by atoms with Gasteiger partial charge in [-0.15, -0.1) is 0 Å². The molecule has 0 bridgehead atoms. The van der Waals surface area contributed by atoms with Crippen molar-refractivity contribution in [3.8, 4) is 5.75 Å². The van der Waals surface area contributed by atoms with Crippen LogP contribution in [0.1, 0.15) is 13.3 Å². The normalized spacial score (nSPS) is 27.6. The number of hydrogen-bond donors (Lipinski definition) is 0. The molecule has 3 unspecified atom stereocenters.